The van der Waals surface area contributed by atoms with Crippen LogP contribution in [0.1, 0.15) is 5.56 Å². The van der Waals surface area contributed by atoms with Crippen LogP contribution >= 0.6 is 11.6 Å². The molecule has 0 fully saturated rings. The fourth-order valence-corrected chi connectivity index (χ4v) is 2.76. The van der Waals surface area contributed by atoms with Crippen molar-refractivity contribution in [2.24, 2.45) is 0 Å². The number of hydrogen-bond donors (Lipinski definition) is 1. The molecule has 0 aromatic heterocycles. The van der Waals surface area contributed by atoms with Gasteiger partial charge in [0.2, 0.25) is 10.0 Å². The van der Waals surface area contributed by atoms with Crippen molar-refractivity contribution in [2.45, 2.75) is 11.4 Å². The predicted octanol–water partition coefficient (Wildman–Crippen LogP) is 2.83. The molecule has 0 atom stereocenters. The van der Waals surface area contributed by atoms with E-state index in [9.17, 15) is 8.42 Å². The summed E-state index contributed by atoms with van der Waals surface area (Å²) in [6.07, 6.45) is 0. The average Bonchev–Trinajstić information content (AvgIpc) is 2.46. The maximum atomic E-state index is 12.1. The first-order valence-electron chi connectivity index (χ1n) is 5.89. The van der Waals surface area contributed by atoms with Gasteiger partial charge in [0.25, 0.3) is 0 Å². The van der Waals surface area contributed by atoms with Crippen molar-refractivity contribution >= 4 is 21.6 Å². The zero-order valence-electron chi connectivity index (χ0n) is 10.8. The maximum absolute atomic E-state index is 12.1. The fraction of sp³-hybridized carbons (Fsp3) is 0.143. The van der Waals surface area contributed by atoms with E-state index in [2.05, 4.69) is 4.72 Å². The summed E-state index contributed by atoms with van der Waals surface area (Å²) in [4.78, 5) is 0.190. The molecule has 0 radical (unpaired) electrons. The van der Waals surface area contributed by atoms with Crippen LogP contribution in [-0.4, -0.2) is 15.5 Å². The second-order valence-electron chi connectivity index (χ2n) is 4.13. The van der Waals surface area contributed by atoms with Gasteiger partial charge in [0.15, 0.2) is 0 Å². The first-order chi connectivity index (χ1) is 9.51. The van der Waals surface area contributed by atoms with E-state index in [1.54, 1.807) is 31.4 Å². The van der Waals surface area contributed by atoms with Crippen LogP contribution in [0.3, 0.4) is 0 Å². The number of hydrogen-bond acceptors (Lipinski definition) is 3. The number of nitrogens with one attached hydrogen (secondary N) is 1. The molecule has 2 aromatic carbocycles. The van der Waals surface area contributed by atoms with Gasteiger partial charge >= 0.3 is 0 Å². The summed E-state index contributed by atoms with van der Waals surface area (Å²) >= 11 is 5.74. The minimum atomic E-state index is -3.53. The summed E-state index contributed by atoms with van der Waals surface area (Å²) in [5.74, 6) is 0.731. The van der Waals surface area contributed by atoms with E-state index in [-0.39, 0.29) is 11.4 Å². The monoisotopic (exact) mass is 311 g/mol. The van der Waals surface area contributed by atoms with Gasteiger partial charge in [0, 0.05) is 11.6 Å². The molecule has 4 nitrogen and oxygen atoms in total. The van der Waals surface area contributed by atoms with Crippen molar-refractivity contribution in [3.05, 3.63) is 59.1 Å². The molecule has 0 saturated carbocycles. The van der Waals surface area contributed by atoms with E-state index in [4.69, 9.17) is 16.3 Å². The van der Waals surface area contributed by atoms with Crippen molar-refractivity contribution in [3.8, 4) is 5.75 Å². The van der Waals surface area contributed by atoms with Crippen LogP contribution in [0, 0.1) is 0 Å². The number of ether oxygens (including phenoxy) is 1. The Labute approximate surface area is 123 Å². The molecule has 0 amide bonds. The van der Waals surface area contributed by atoms with Crippen molar-refractivity contribution in [1.82, 2.24) is 4.72 Å². The minimum absolute atomic E-state index is 0.190. The van der Waals surface area contributed by atoms with Gasteiger partial charge in [-0.2, -0.15) is 0 Å². The molecule has 0 heterocycles. The molecule has 106 valence electrons. The lowest BCUT2D eigenvalue weighted by Gasteiger charge is -2.07. The second kappa shape index (κ2) is 6.26. The number of rotatable bonds is 5. The first-order valence-corrected chi connectivity index (χ1v) is 7.75. The largest absolute Gasteiger partial charge is 0.497 e. The standard InChI is InChI=1S/C14H14ClNO3S/c1-19-13-6-2-11(3-7-13)10-16-20(17,18)14-8-4-12(15)5-9-14/h2-9,16H,10H2,1H3. The Morgan fingerprint density at radius 3 is 2.20 bits per heavy atom. The molecule has 0 unspecified atom stereocenters. The molecule has 20 heavy (non-hydrogen) atoms. The summed E-state index contributed by atoms with van der Waals surface area (Å²) in [7, 11) is -1.95. The van der Waals surface area contributed by atoms with Gasteiger partial charge in [-0.05, 0) is 42.0 Å². The quantitative estimate of drug-likeness (QED) is 0.924. The van der Waals surface area contributed by atoms with Crippen molar-refractivity contribution < 1.29 is 13.2 Å². The van der Waals surface area contributed by atoms with Gasteiger partial charge in [-0.3, -0.25) is 0 Å². The molecule has 0 aliphatic rings. The molecule has 0 bridgehead atoms. The fourth-order valence-electron chi connectivity index (χ4n) is 1.62. The summed E-state index contributed by atoms with van der Waals surface area (Å²) in [6, 6.07) is 13.2. The van der Waals surface area contributed by atoms with Crippen LogP contribution in [0.2, 0.25) is 5.02 Å². The zero-order valence-corrected chi connectivity index (χ0v) is 12.4. The van der Waals surface area contributed by atoms with Crippen LogP contribution in [0.25, 0.3) is 0 Å². The van der Waals surface area contributed by atoms with Gasteiger partial charge in [-0.25, -0.2) is 13.1 Å². The van der Waals surface area contributed by atoms with Gasteiger partial charge in [-0.15, -0.1) is 0 Å². The Balaban J connectivity index is 2.06. The van der Waals surface area contributed by atoms with E-state index in [0.717, 1.165) is 11.3 Å². The molecular formula is C14H14ClNO3S. The van der Waals surface area contributed by atoms with Crippen LogP contribution in [0.4, 0.5) is 0 Å². The lowest BCUT2D eigenvalue weighted by atomic mass is 10.2. The Morgan fingerprint density at radius 2 is 1.65 bits per heavy atom. The van der Waals surface area contributed by atoms with Crippen LogP contribution in [0.5, 0.6) is 5.75 Å². The molecule has 0 aliphatic carbocycles. The first kappa shape index (κ1) is 14.8. The van der Waals surface area contributed by atoms with E-state index < -0.39 is 10.0 Å². The van der Waals surface area contributed by atoms with Crippen molar-refractivity contribution in [2.75, 3.05) is 7.11 Å². The highest BCUT2D eigenvalue weighted by Gasteiger charge is 2.13. The van der Waals surface area contributed by atoms with Gasteiger partial charge < -0.3 is 4.74 Å². The Morgan fingerprint density at radius 1 is 1.05 bits per heavy atom. The third kappa shape index (κ3) is 3.72. The molecule has 1 N–H and O–H groups in total. The summed E-state index contributed by atoms with van der Waals surface area (Å²) in [5.41, 5.74) is 0.850. The third-order valence-electron chi connectivity index (χ3n) is 2.75. The van der Waals surface area contributed by atoms with Crippen molar-refractivity contribution in [1.29, 1.82) is 0 Å². The smallest absolute Gasteiger partial charge is 0.240 e. The average molecular weight is 312 g/mol. The topological polar surface area (TPSA) is 55.4 Å². The summed E-state index contributed by atoms with van der Waals surface area (Å²) < 4.78 is 31.7. The molecule has 2 rings (SSSR count). The maximum Gasteiger partial charge on any atom is 0.240 e. The third-order valence-corrected chi connectivity index (χ3v) is 4.42. The molecule has 2 aromatic rings. The van der Waals surface area contributed by atoms with Crippen LogP contribution in [0.15, 0.2) is 53.4 Å². The van der Waals surface area contributed by atoms with Crippen molar-refractivity contribution in [3.63, 3.8) is 0 Å². The SMILES string of the molecule is COc1ccc(CNS(=O)(=O)c2ccc(Cl)cc2)cc1. The predicted molar refractivity (Wildman–Crippen MR) is 78.5 cm³/mol. The number of halogens is 1. The molecular weight excluding hydrogens is 298 g/mol. The molecule has 0 spiro atoms. The van der Waals surface area contributed by atoms with Crippen LogP contribution in [-0.2, 0) is 16.6 Å². The number of methoxy groups -OCH3 is 1. The highest BCUT2D eigenvalue weighted by atomic mass is 35.5. The van der Waals surface area contributed by atoms with Gasteiger partial charge in [0.05, 0.1) is 12.0 Å². The zero-order chi connectivity index (χ0) is 14.6. The summed E-state index contributed by atoms with van der Waals surface area (Å²) in [5, 5.41) is 0.499. The second-order valence-corrected chi connectivity index (χ2v) is 6.33. The molecule has 0 saturated heterocycles. The molecule has 0 aliphatic heterocycles. The van der Waals surface area contributed by atoms with E-state index in [1.165, 1.54) is 12.1 Å². The van der Waals surface area contributed by atoms with E-state index >= 15 is 0 Å². The highest BCUT2D eigenvalue weighted by molar-refractivity contribution is 7.89. The molecule has 6 heteroatoms. The lowest BCUT2D eigenvalue weighted by molar-refractivity contribution is 0.414. The normalized spacial score (nSPS) is 11.3. The minimum Gasteiger partial charge on any atom is -0.497 e. The van der Waals surface area contributed by atoms with E-state index in [0.29, 0.717) is 5.02 Å². The lowest BCUT2D eigenvalue weighted by Crippen LogP contribution is -2.23. The Bertz CT molecular complexity index is 667. The highest BCUT2D eigenvalue weighted by Crippen LogP contribution is 2.15. The van der Waals surface area contributed by atoms with Gasteiger partial charge in [0.1, 0.15) is 5.75 Å². The van der Waals surface area contributed by atoms with Crippen LogP contribution < -0.4 is 9.46 Å². The van der Waals surface area contributed by atoms with Gasteiger partial charge in [-0.1, -0.05) is 23.7 Å². The summed E-state index contributed by atoms with van der Waals surface area (Å²) in [6.45, 7) is 0.217. The Hall–Kier alpha value is -1.56. The number of benzene rings is 2. The Kier molecular flexibility index (Phi) is 4.65. The van der Waals surface area contributed by atoms with E-state index in [1.807, 2.05) is 12.1 Å². The number of sulfonamides is 1.